The first-order valence-electron chi connectivity index (χ1n) is 5.67. The maximum absolute atomic E-state index is 10.9. The highest BCUT2D eigenvalue weighted by atomic mass is 32.2. The number of nitro groups is 1. The Morgan fingerprint density at radius 3 is 2.83 bits per heavy atom. The predicted octanol–water partition coefficient (Wildman–Crippen LogP) is 3.16. The van der Waals surface area contributed by atoms with Crippen LogP contribution in [0, 0.1) is 10.1 Å². The summed E-state index contributed by atoms with van der Waals surface area (Å²) in [5, 5.41) is 14.5. The van der Waals surface area contributed by atoms with E-state index >= 15 is 0 Å². The molecule has 0 radical (unpaired) electrons. The van der Waals surface area contributed by atoms with Crippen molar-refractivity contribution in [2.45, 2.75) is 18.6 Å². The van der Waals surface area contributed by atoms with Gasteiger partial charge in [0.2, 0.25) is 0 Å². The number of anilines is 1. The summed E-state index contributed by atoms with van der Waals surface area (Å²) in [6.45, 7) is 2.84. The van der Waals surface area contributed by atoms with E-state index in [4.69, 9.17) is 4.74 Å². The van der Waals surface area contributed by atoms with Gasteiger partial charge < -0.3 is 10.1 Å². The lowest BCUT2D eigenvalue weighted by Gasteiger charge is -2.11. The predicted molar refractivity (Wildman–Crippen MR) is 75.7 cm³/mol. The molecule has 0 spiro atoms. The van der Waals surface area contributed by atoms with Crippen molar-refractivity contribution in [3.05, 3.63) is 28.3 Å². The summed E-state index contributed by atoms with van der Waals surface area (Å²) in [6, 6.07) is 4.70. The Balaban J connectivity index is 2.75. The van der Waals surface area contributed by atoms with E-state index in [0.717, 1.165) is 6.42 Å². The second-order valence-corrected chi connectivity index (χ2v) is 5.18. The van der Waals surface area contributed by atoms with E-state index in [-0.39, 0.29) is 10.6 Å². The quantitative estimate of drug-likeness (QED) is 0.609. The number of nitro benzene ring substituents is 1. The van der Waals surface area contributed by atoms with Gasteiger partial charge in [0.15, 0.2) is 0 Å². The summed E-state index contributed by atoms with van der Waals surface area (Å²) in [5.74, 6) is 0.612. The first-order chi connectivity index (χ1) is 8.58. The third kappa shape index (κ3) is 4.10. The Kier molecular flexibility index (Phi) is 5.77. The minimum absolute atomic E-state index is 0.0765. The minimum atomic E-state index is -0.389. The molecule has 1 aromatic rings. The van der Waals surface area contributed by atoms with Gasteiger partial charge in [-0.2, -0.15) is 11.8 Å². The molecule has 1 unspecified atom stereocenters. The number of hydrogen-bond acceptors (Lipinski definition) is 5. The molecule has 1 N–H and O–H groups in total. The molecule has 5 nitrogen and oxygen atoms in total. The summed E-state index contributed by atoms with van der Waals surface area (Å²) in [5.41, 5.74) is 0.584. The second-order valence-electron chi connectivity index (χ2n) is 3.90. The van der Waals surface area contributed by atoms with Crippen molar-refractivity contribution in [2.75, 3.05) is 25.2 Å². The molecule has 0 heterocycles. The first-order valence-corrected chi connectivity index (χ1v) is 6.96. The van der Waals surface area contributed by atoms with Crippen molar-refractivity contribution in [1.29, 1.82) is 0 Å². The van der Waals surface area contributed by atoms with E-state index in [1.54, 1.807) is 31.0 Å². The van der Waals surface area contributed by atoms with E-state index in [2.05, 4.69) is 18.5 Å². The van der Waals surface area contributed by atoms with Crippen molar-refractivity contribution in [1.82, 2.24) is 0 Å². The summed E-state index contributed by atoms with van der Waals surface area (Å²) < 4.78 is 5.07. The fourth-order valence-corrected chi connectivity index (χ4v) is 1.82. The first kappa shape index (κ1) is 14.6. The molecule has 0 saturated heterocycles. The molecule has 0 saturated carbocycles. The summed E-state index contributed by atoms with van der Waals surface area (Å²) in [6.07, 6.45) is 3.01. The Hall–Kier alpha value is -1.43. The average molecular weight is 270 g/mol. The summed E-state index contributed by atoms with van der Waals surface area (Å²) >= 11 is 1.78. The van der Waals surface area contributed by atoms with Crippen LogP contribution < -0.4 is 10.1 Å². The molecule has 100 valence electrons. The van der Waals surface area contributed by atoms with Crippen molar-refractivity contribution >= 4 is 23.1 Å². The lowest BCUT2D eigenvalue weighted by Crippen LogP contribution is -2.09. The molecular weight excluding hydrogens is 252 g/mol. The molecule has 0 aliphatic carbocycles. The Bertz CT molecular complexity index is 412. The fourth-order valence-electron chi connectivity index (χ4n) is 1.47. The van der Waals surface area contributed by atoms with E-state index in [1.807, 2.05) is 0 Å². The van der Waals surface area contributed by atoms with Crippen LogP contribution in [0.3, 0.4) is 0 Å². The number of benzene rings is 1. The monoisotopic (exact) mass is 270 g/mol. The number of rotatable bonds is 7. The molecule has 0 fully saturated rings. The van der Waals surface area contributed by atoms with Crippen molar-refractivity contribution < 1.29 is 9.66 Å². The molecule has 1 aromatic carbocycles. The van der Waals surface area contributed by atoms with Crippen LogP contribution in [0.15, 0.2) is 18.2 Å². The zero-order valence-corrected chi connectivity index (χ0v) is 11.6. The molecular formula is C12H18N2O3S. The van der Waals surface area contributed by atoms with Gasteiger partial charge in [0.05, 0.1) is 12.0 Å². The van der Waals surface area contributed by atoms with Crippen LogP contribution in [-0.4, -0.2) is 30.1 Å². The van der Waals surface area contributed by atoms with Crippen molar-refractivity contribution in [3.8, 4) is 5.75 Å². The third-order valence-electron chi connectivity index (χ3n) is 2.67. The van der Waals surface area contributed by atoms with Gasteiger partial charge in [0.1, 0.15) is 11.4 Å². The zero-order valence-electron chi connectivity index (χ0n) is 10.8. The number of thioether (sulfide) groups is 1. The molecule has 6 heteroatoms. The Labute approximate surface area is 111 Å². The van der Waals surface area contributed by atoms with E-state index in [0.29, 0.717) is 23.2 Å². The van der Waals surface area contributed by atoms with Crippen LogP contribution in [0.5, 0.6) is 5.75 Å². The van der Waals surface area contributed by atoms with E-state index < -0.39 is 0 Å². The van der Waals surface area contributed by atoms with Crippen LogP contribution in [0.25, 0.3) is 0 Å². The lowest BCUT2D eigenvalue weighted by molar-refractivity contribution is -0.384. The number of nitrogens with zero attached hydrogens (tertiary/aromatic N) is 1. The highest BCUT2D eigenvalue weighted by molar-refractivity contribution is 7.99. The highest BCUT2D eigenvalue weighted by Crippen LogP contribution is 2.28. The normalized spacial score (nSPS) is 11.9. The molecule has 18 heavy (non-hydrogen) atoms. The van der Waals surface area contributed by atoms with Crippen molar-refractivity contribution in [2.24, 2.45) is 0 Å². The number of methoxy groups -OCH3 is 1. The molecule has 0 amide bonds. The smallest absolute Gasteiger partial charge is 0.292 e. The number of nitrogens with one attached hydrogen (secondary N) is 1. The van der Waals surface area contributed by atoms with E-state index in [1.165, 1.54) is 6.07 Å². The molecule has 0 bridgehead atoms. The van der Waals surface area contributed by atoms with Crippen LogP contribution in [-0.2, 0) is 0 Å². The van der Waals surface area contributed by atoms with E-state index in [9.17, 15) is 10.1 Å². The molecule has 0 aliphatic rings. The van der Waals surface area contributed by atoms with Gasteiger partial charge in [-0.25, -0.2) is 0 Å². The Morgan fingerprint density at radius 2 is 2.28 bits per heavy atom. The van der Waals surface area contributed by atoms with Crippen LogP contribution in [0.2, 0.25) is 0 Å². The molecule has 0 aliphatic heterocycles. The zero-order chi connectivity index (χ0) is 13.5. The maximum atomic E-state index is 10.9. The lowest BCUT2D eigenvalue weighted by atomic mass is 10.2. The van der Waals surface area contributed by atoms with Crippen molar-refractivity contribution in [3.63, 3.8) is 0 Å². The van der Waals surface area contributed by atoms with Gasteiger partial charge in [-0.05, 0) is 18.7 Å². The Morgan fingerprint density at radius 1 is 1.56 bits per heavy atom. The number of hydrogen-bond donors (Lipinski definition) is 1. The van der Waals surface area contributed by atoms with Gasteiger partial charge in [0, 0.05) is 23.9 Å². The van der Waals surface area contributed by atoms with Gasteiger partial charge >= 0.3 is 0 Å². The standard InChI is InChI=1S/C12H18N2O3S/c1-9(18-3)6-7-13-11-8-10(17-2)4-5-12(11)14(15)16/h4-5,8-9,13H,6-7H2,1-3H3. The molecule has 1 rings (SSSR count). The average Bonchev–Trinajstić information content (AvgIpc) is 2.37. The van der Waals surface area contributed by atoms with Crippen LogP contribution in [0.4, 0.5) is 11.4 Å². The fraction of sp³-hybridized carbons (Fsp3) is 0.500. The van der Waals surface area contributed by atoms with Gasteiger partial charge in [0.25, 0.3) is 5.69 Å². The SMILES string of the molecule is COc1ccc([N+](=O)[O-])c(NCCC(C)SC)c1. The molecule has 0 aromatic heterocycles. The summed E-state index contributed by atoms with van der Waals surface area (Å²) in [7, 11) is 1.54. The topological polar surface area (TPSA) is 64.4 Å². The van der Waals surface area contributed by atoms with Crippen LogP contribution in [0.1, 0.15) is 13.3 Å². The number of ether oxygens (including phenoxy) is 1. The van der Waals surface area contributed by atoms with Crippen LogP contribution >= 0.6 is 11.8 Å². The van der Waals surface area contributed by atoms with Gasteiger partial charge in [-0.1, -0.05) is 6.92 Å². The minimum Gasteiger partial charge on any atom is -0.497 e. The summed E-state index contributed by atoms with van der Waals surface area (Å²) in [4.78, 5) is 10.5. The molecule has 1 atom stereocenters. The largest absolute Gasteiger partial charge is 0.497 e. The maximum Gasteiger partial charge on any atom is 0.292 e. The highest BCUT2D eigenvalue weighted by Gasteiger charge is 2.14. The van der Waals surface area contributed by atoms with Gasteiger partial charge in [-0.3, -0.25) is 10.1 Å². The van der Waals surface area contributed by atoms with Gasteiger partial charge in [-0.15, -0.1) is 0 Å². The second kappa shape index (κ2) is 7.10. The third-order valence-corrected chi connectivity index (χ3v) is 3.71.